The molecule has 2 N–H and O–H groups in total. The Bertz CT molecular complexity index is 609. The van der Waals surface area contributed by atoms with Crippen molar-refractivity contribution < 1.29 is 4.74 Å². The van der Waals surface area contributed by atoms with Gasteiger partial charge in [-0.2, -0.15) is 0 Å². The summed E-state index contributed by atoms with van der Waals surface area (Å²) >= 11 is 0. The Morgan fingerprint density at radius 3 is 2.67 bits per heavy atom. The van der Waals surface area contributed by atoms with Crippen LogP contribution in [0.15, 0.2) is 4.99 Å². The number of nitrogens with one attached hydrogen (secondary N) is 2. The molecule has 0 amide bonds. The average Bonchev–Trinajstić information content (AvgIpc) is 3.02. The minimum atomic E-state index is 0.513. The number of piperazine rings is 3. The second-order valence-corrected chi connectivity index (χ2v) is 7.24. The van der Waals surface area contributed by atoms with Crippen molar-refractivity contribution in [1.29, 1.82) is 0 Å². The van der Waals surface area contributed by atoms with Gasteiger partial charge in [0, 0.05) is 72.1 Å². The monoisotopic (exact) mass is 378 g/mol. The van der Waals surface area contributed by atoms with Crippen LogP contribution in [0.1, 0.15) is 25.0 Å². The van der Waals surface area contributed by atoms with Crippen LogP contribution >= 0.6 is 0 Å². The van der Waals surface area contributed by atoms with Gasteiger partial charge < -0.3 is 19.9 Å². The van der Waals surface area contributed by atoms with Gasteiger partial charge in [-0.05, 0) is 20.3 Å². The molecule has 4 heterocycles. The van der Waals surface area contributed by atoms with E-state index in [4.69, 9.17) is 9.73 Å². The highest BCUT2D eigenvalue weighted by molar-refractivity contribution is 5.79. The summed E-state index contributed by atoms with van der Waals surface area (Å²) in [5.74, 6) is 2.61. The first-order chi connectivity index (χ1) is 13.2. The zero-order valence-corrected chi connectivity index (χ0v) is 16.9. The quantitative estimate of drug-likeness (QED) is 0.343. The number of rotatable bonds is 9. The second-order valence-electron chi connectivity index (χ2n) is 7.24. The fraction of sp³-hybridized carbons (Fsp3) is 0.833. The first-order valence-corrected chi connectivity index (χ1v) is 10.1. The molecule has 3 fully saturated rings. The third-order valence-electron chi connectivity index (χ3n) is 5.42. The first-order valence-electron chi connectivity index (χ1n) is 10.1. The van der Waals surface area contributed by atoms with E-state index in [9.17, 15) is 0 Å². The molecule has 1 unspecified atom stereocenters. The molecule has 4 rings (SSSR count). The Balaban J connectivity index is 1.53. The Morgan fingerprint density at radius 2 is 2.04 bits per heavy atom. The van der Waals surface area contributed by atoms with Gasteiger partial charge in [0.1, 0.15) is 12.4 Å². The molecule has 2 bridgehead atoms. The Morgan fingerprint density at radius 1 is 1.22 bits per heavy atom. The molecule has 0 saturated carbocycles. The van der Waals surface area contributed by atoms with Crippen LogP contribution in [-0.4, -0.2) is 95.6 Å². The van der Waals surface area contributed by atoms with Gasteiger partial charge in [0.2, 0.25) is 0 Å². The van der Waals surface area contributed by atoms with Crippen LogP contribution in [0.5, 0.6) is 0 Å². The van der Waals surface area contributed by atoms with E-state index in [1.807, 2.05) is 25.5 Å². The normalized spacial score (nSPS) is 25.0. The van der Waals surface area contributed by atoms with Crippen molar-refractivity contribution in [1.82, 2.24) is 35.2 Å². The van der Waals surface area contributed by atoms with Gasteiger partial charge in [0.15, 0.2) is 11.8 Å². The Labute approximate surface area is 162 Å². The zero-order valence-electron chi connectivity index (χ0n) is 16.9. The van der Waals surface area contributed by atoms with Crippen molar-refractivity contribution in [2.75, 3.05) is 59.0 Å². The van der Waals surface area contributed by atoms with Gasteiger partial charge in [0.25, 0.3) is 0 Å². The number of hydrogen-bond donors (Lipinski definition) is 2. The second kappa shape index (κ2) is 10.0. The largest absolute Gasteiger partial charge is 0.382 e. The van der Waals surface area contributed by atoms with E-state index in [2.05, 4.69) is 30.6 Å². The molecule has 9 nitrogen and oxygen atoms in total. The number of aryl methyl sites for hydroxylation is 1. The van der Waals surface area contributed by atoms with Crippen LogP contribution in [-0.2, 0) is 18.3 Å². The summed E-state index contributed by atoms with van der Waals surface area (Å²) in [6.45, 7) is 13.7. The molecule has 9 heteroatoms. The summed E-state index contributed by atoms with van der Waals surface area (Å²) in [5, 5.41) is 15.3. The van der Waals surface area contributed by atoms with Crippen LogP contribution in [0.4, 0.5) is 0 Å². The molecular weight excluding hydrogens is 344 g/mol. The summed E-state index contributed by atoms with van der Waals surface area (Å²) in [7, 11) is 1.98. The fourth-order valence-corrected chi connectivity index (χ4v) is 3.57. The highest BCUT2D eigenvalue weighted by Crippen LogP contribution is 2.14. The molecule has 0 aliphatic carbocycles. The lowest BCUT2D eigenvalue weighted by atomic mass is 10.1. The van der Waals surface area contributed by atoms with Crippen molar-refractivity contribution >= 4 is 5.96 Å². The Hall–Kier alpha value is -1.71. The van der Waals surface area contributed by atoms with Crippen molar-refractivity contribution in [3.8, 4) is 0 Å². The van der Waals surface area contributed by atoms with Crippen molar-refractivity contribution in [3.63, 3.8) is 0 Å². The predicted octanol–water partition coefficient (Wildman–Crippen LogP) is -0.415. The van der Waals surface area contributed by atoms with Crippen LogP contribution in [0.3, 0.4) is 0 Å². The molecular formula is C18H34N8O. The number of aliphatic imine (C=N–C) groups is 1. The molecule has 0 radical (unpaired) electrons. The van der Waals surface area contributed by atoms with Crippen LogP contribution in [0, 0.1) is 6.92 Å². The van der Waals surface area contributed by atoms with Crippen LogP contribution < -0.4 is 10.6 Å². The van der Waals surface area contributed by atoms with Gasteiger partial charge in [-0.3, -0.25) is 9.80 Å². The SMILES string of the molecule is CCOCCCNC(=NCc1nnc(C)n1C)NCC1CN2CCN1CC2. The van der Waals surface area contributed by atoms with Gasteiger partial charge in [-0.1, -0.05) is 0 Å². The molecule has 152 valence electrons. The highest BCUT2D eigenvalue weighted by atomic mass is 16.5. The standard InChI is InChI=1S/C18H34N8O/c1-4-27-11-5-6-19-18(21-13-17-23-22-15(2)24(17)3)20-12-16-14-25-7-9-26(16)10-8-25/h16H,4-14H2,1-3H3,(H2,19,20,21). The highest BCUT2D eigenvalue weighted by Gasteiger charge is 2.31. The first kappa shape index (κ1) is 20.0. The lowest BCUT2D eigenvalue weighted by molar-refractivity contribution is 0.0154. The molecule has 27 heavy (non-hydrogen) atoms. The number of guanidine groups is 1. The van der Waals surface area contributed by atoms with Crippen molar-refractivity contribution in [2.45, 2.75) is 32.9 Å². The number of hydrogen-bond acceptors (Lipinski definition) is 6. The number of ether oxygens (including phenoxy) is 1. The predicted molar refractivity (Wildman–Crippen MR) is 106 cm³/mol. The average molecular weight is 379 g/mol. The maximum Gasteiger partial charge on any atom is 0.191 e. The van der Waals surface area contributed by atoms with Crippen LogP contribution in [0.25, 0.3) is 0 Å². The minimum Gasteiger partial charge on any atom is -0.382 e. The van der Waals surface area contributed by atoms with Gasteiger partial charge in [0.05, 0.1) is 0 Å². The third-order valence-corrected chi connectivity index (χ3v) is 5.42. The molecule has 3 aliphatic heterocycles. The number of nitrogens with zero attached hydrogens (tertiary/aromatic N) is 6. The summed E-state index contributed by atoms with van der Waals surface area (Å²) < 4.78 is 7.40. The molecule has 1 aromatic heterocycles. The van der Waals surface area contributed by atoms with E-state index >= 15 is 0 Å². The van der Waals surface area contributed by atoms with Crippen molar-refractivity contribution in [2.24, 2.45) is 12.0 Å². The van der Waals surface area contributed by atoms with E-state index in [1.54, 1.807) is 0 Å². The molecule has 1 aromatic rings. The van der Waals surface area contributed by atoms with E-state index < -0.39 is 0 Å². The molecule has 1 atom stereocenters. The summed E-state index contributed by atoms with van der Waals surface area (Å²) in [6, 6.07) is 0.556. The summed E-state index contributed by atoms with van der Waals surface area (Å²) in [5.41, 5.74) is 0. The topological polar surface area (TPSA) is 82.8 Å². The van der Waals surface area contributed by atoms with E-state index in [-0.39, 0.29) is 0 Å². The van der Waals surface area contributed by atoms with Gasteiger partial charge in [-0.25, -0.2) is 4.99 Å². The molecule has 3 saturated heterocycles. The Kier molecular flexibility index (Phi) is 7.42. The minimum absolute atomic E-state index is 0.513. The molecule has 0 aromatic carbocycles. The zero-order chi connectivity index (χ0) is 19.1. The van der Waals surface area contributed by atoms with E-state index in [0.717, 1.165) is 56.9 Å². The van der Waals surface area contributed by atoms with Gasteiger partial charge >= 0.3 is 0 Å². The molecule has 3 aliphatic rings. The van der Waals surface area contributed by atoms with Crippen LogP contribution in [0.2, 0.25) is 0 Å². The maximum atomic E-state index is 5.42. The summed E-state index contributed by atoms with van der Waals surface area (Å²) in [6.07, 6.45) is 0.959. The number of aromatic nitrogens is 3. The maximum absolute atomic E-state index is 5.42. The molecule has 0 spiro atoms. The smallest absolute Gasteiger partial charge is 0.191 e. The summed E-state index contributed by atoms with van der Waals surface area (Å²) in [4.78, 5) is 9.88. The van der Waals surface area contributed by atoms with Crippen molar-refractivity contribution in [3.05, 3.63) is 11.6 Å². The van der Waals surface area contributed by atoms with Gasteiger partial charge in [-0.15, -0.1) is 10.2 Å². The lowest BCUT2D eigenvalue weighted by Crippen LogP contribution is -2.63. The lowest BCUT2D eigenvalue weighted by Gasteiger charge is -2.47. The fourth-order valence-electron chi connectivity index (χ4n) is 3.57. The third kappa shape index (κ3) is 5.63. The van der Waals surface area contributed by atoms with E-state index in [1.165, 1.54) is 26.2 Å². The number of fused-ring (bicyclic) bond motifs is 3. The van der Waals surface area contributed by atoms with E-state index in [0.29, 0.717) is 12.6 Å².